The lowest BCUT2D eigenvalue weighted by atomic mass is 10.0. The zero-order valence-electron chi connectivity index (χ0n) is 20.5. The van der Waals surface area contributed by atoms with Crippen LogP contribution in [0.3, 0.4) is 0 Å². The lowest BCUT2D eigenvalue weighted by Gasteiger charge is -2.32. The van der Waals surface area contributed by atoms with E-state index in [1.807, 2.05) is 0 Å². The molecule has 0 radical (unpaired) electrons. The van der Waals surface area contributed by atoms with Gasteiger partial charge in [0, 0.05) is 36.6 Å². The first-order valence-corrected chi connectivity index (χ1v) is 12.4. The summed E-state index contributed by atoms with van der Waals surface area (Å²) >= 11 is 0. The second kappa shape index (κ2) is 12.0. The van der Waals surface area contributed by atoms with Crippen LogP contribution in [-0.2, 0) is 9.59 Å². The predicted molar refractivity (Wildman–Crippen MR) is 134 cm³/mol. The number of nitrogens with one attached hydrogen (secondary N) is 2. The summed E-state index contributed by atoms with van der Waals surface area (Å²) in [5.74, 6) is -0.432. The third kappa shape index (κ3) is 6.81. The van der Waals surface area contributed by atoms with Crippen molar-refractivity contribution in [1.82, 2.24) is 4.90 Å². The van der Waals surface area contributed by atoms with Gasteiger partial charge in [0.15, 0.2) is 17.3 Å². The van der Waals surface area contributed by atoms with Crippen LogP contribution >= 0.6 is 0 Å². The summed E-state index contributed by atoms with van der Waals surface area (Å²) in [5.41, 5.74) is 0.766. The molecule has 0 saturated carbocycles. The molecule has 1 saturated heterocycles. The van der Waals surface area contributed by atoms with E-state index in [2.05, 4.69) is 22.5 Å². The molecule has 2 amide bonds. The monoisotopic (exact) mass is 497 g/mol. The maximum absolute atomic E-state index is 14.3. The van der Waals surface area contributed by atoms with E-state index in [1.54, 1.807) is 18.2 Å². The van der Waals surface area contributed by atoms with E-state index >= 15 is 0 Å². The number of anilines is 2. The number of ketones is 1. The van der Waals surface area contributed by atoms with E-state index in [0.717, 1.165) is 25.8 Å². The quantitative estimate of drug-likeness (QED) is 0.525. The number of piperidine rings is 1. The lowest BCUT2D eigenvalue weighted by Crippen LogP contribution is -2.42. The molecule has 36 heavy (non-hydrogen) atoms. The molecule has 1 fully saturated rings. The molecule has 192 valence electrons. The van der Waals surface area contributed by atoms with E-state index in [1.165, 1.54) is 24.6 Å². The van der Waals surface area contributed by atoms with Gasteiger partial charge in [-0.25, -0.2) is 4.39 Å². The van der Waals surface area contributed by atoms with Gasteiger partial charge in [0.05, 0.1) is 25.4 Å². The van der Waals surface area contributed by atoms with Gasteiger partial charge in [-0.15, -0.1) is 0 Å². The normalized spacial score (nSPS) is 17.7. The van der Waals surface area contributed by atoms with Crippen LogP contribution in [0.4, 0.5) is 15.8 Å². The summed E-state index contributed by atoms with van der Waals surface area (Å²) in [6.07, 6.45) is 3.91. The van der Waals surface area contributed by atoms with Crippen LogP contribution < -0.4 is 20.1 Å². The number of benzene rings is 2. The van der Waals surface area contributed by atoms with Gasteiger partial charge >= 0.3 is 0 Å². The summed E-state index contributed by atoms with van der Waals surface area (Å²) in [4.78, 5) is 39.7. The number of ether oxygens (including phenoxy) is 2. The molecule has 0 aliphatic carbocycles. The Morgan fingerprint density at radius 1 is 0.944 bits per heavy atom. The first-order chi connectivity index (χ1) is 17.4. The largest absolute Gasteiger partial charge is 0.490 e. The fraction of sp³-hybridized carbons (Fsp3) is 0.444. The molecule has 8 nitrogen and oxygen atoms in total. The predicted octanol–water partition coefficient (Wildman–Crippen LogP) is 4.40. The highest BCUT2D eigenvalue weighted by atomic mass is 19.1. The molecule has 0 bridgehead atoms. The third-order valence-corrected chi connectivity index (χ3v) is 6.46. The fourth-order valence-electron chi connectivity index (χ4n) is 4.40. The number of amides is 2. The minimum atomic E-state index is -0.625. The summed E-state index contributed by atoms with van der Waals surface area (Å²) < 4.78 is 25.5. The molecule has 2 heterocycles. The van der Waals surface area contributed by atoms with Gasteiger partial charge in [0.25, 0.3) is 0 Å². The molecule has 0 aromatic heterocycles. The van der Waals surface area contributed by atoms with Crippen LogP contribution in [0.1, 0.15) is 55.8 Å². The molecule has 9 heteroatoms. The van der Waals surface area contributed by atoms with Crippen molar-refractivity contribution in [3.05, 3.63) is 47.8 Å². The summed E-state index contributed by atoms with van der Waals surface area (Å²) in [6, 6.07) is 9.34. The Balaban J connectivity index is 1.30. The lowest BCUT2D eigenvalue weighted by molar-refractivity contribution is -0.118. The standard InChI is InChI=1S/C27H32FN3O5/c1-18-5-2-3-12-31(18)17-27(34)29-20-7-8-21(28)22(16-20)30-26(33)11-9-23(32)19-6-10-24-25(15-19)36-14-4-13-35-24/h6-8,10,15-16,18H,2-5,9,11-14,17H2,1H3,(H,29,34)(H,30,33). The van der Waals surface area contributed by atoms with Gasteiger partial charge in [0.2, 0.25) is 11.8 Å². The first kappa shape index (κ1) is 25.6. The number of hydrogen-bond donors (Lipinski definition) is 2. The van der Waals surface area contributed by atoms with E-state index in [-0.39, 0.29) is 36.8 Å². The molecule has 2 aliphatic rings. The minimum Gasteiger partial charge on any atom is -0.490 e. The average molecular weight is 498 g/mol. The first-order valence-electron chi connectivity index (χ1n) is 12.4. The number of Topliss-reactive ketones (excluding diaryl/α,β-unsaturated/α-hetero) is 1. The highest BCUT2D eigenvalue weighted by molar-refractivity contribution is 6.00. The van der Waals surface area contributed by atoms with Crippen molar-refractivity contribution < 1.29 is 28.2 Å². The van der Waals surface area contributed by atoms with E-state index in [9.17, 15) is 18.8 Å². The van der Waals surface area contributed by atoms with Crippen molar-refractivity contribution in [1.29, 1.82) is 0 Å². The smallest absolute Gasteiger partial charge is 0.238 e. The zero-order valence-corrected chi connectivity index (χ0v) is 20.5. The van der Waals surface area contributed by atoms with Crippen LogP contribution in [-0.4, -0.2) is 54.8 Å². The number of halogens is 1. The maximum atomic E-state index is 14.3. The van der Waals surface area contributed by atoms with Gasteiger partial charge in [-0.2, -0.15) is 0 Å². The van der Waals surface area contributed by atoms with Crippen LogP contribution in [0.5, 0.6) is 11.5 Å². The van der Waals surface area contributed by atoms with Crippen LogP contribution in [0.25, 0.3) is 0 Å². The van der Waals surface area contributed by atoms with Crippen LogP contribution in [0, 0.1) is 5.82 Å². The van der Waals surface area contributed by atoms with Crippen molar-refractivity contribution in [3.8, 4) is 11.5 Å². The van der Waals surface area contributed by atoms with E-state index in [0.29, 0.717) is 42.0 Å². The number of fused-ring (bicyclic) bond motifs is 1. The Morgan fingerprint density at radius 2 is 1.75 bits per heavy atom. The molecule has 2 aromatic rings. The van der Waals surface area contributed by atoms with Gasteiger partial charge in [0.1, 0.15) is 5.82 Å². The van der Waals surface area contributed by atoms with Crippen molar-refractivity contribution in [2.45, 2.75) is 51.5 Å². The van der Waals surface area contributed by atoms with Crippen molar-refractivity contribution >= 4 is 29.0 Å². The number of rotatable bonds is 8. The fourth-order valence-corrected chi connectivity index (χ4v) is 4.40. The Bertz CT molecular complexity index is 1120. The zero-order chi connectivity index (χ0) is 25.5. The molecule has 2 aliphatic heterocycles. The second-order valence-electron chi connectivity index (χ2n) is 9.24. The maximum Gasteiger partial charge on any atom is 0.238 e. The van der Waals surface area contributed by atoms with Gasteiger partial charge in [-0.05, 0) is 62.7 Å². The van der Waals surface area contributed by atoms with Crippen molar-refractivity contribution in [2.24, 2.45) is 0 Å². The molecule has 2 N–H and O–H groups in total. The Labute approximate surface area is 210 Å². The molecule has 4 rings (SSSR count). The van der Waals surface area contributed by atoms with E-state index < -0.39 is 11.7 Å². The van der Waals surface area contributed by atoms with Crippen LogP contribution in [0.15, 0.2) is 36.4 Å². The van der Waals surface area contributed by atoms with Crippen LogP contribution in [0.2, 0.25) is 0 Å². The highest BCUT2D eigenvalue weighted by Gasteiger charge is 2.21. The van der Waals surface area contributed by atoms with Gasteiger partial charge in [-0.1, -0.05) is 6.42 Å². The summed E-state index contributed by atoms with van der Waals surface area (Å²) in [7, 11) is 0. The minimum absolute atomic E-state index is 0.0441. The Morgan fingerprint density at radius 3 is 2.56 bits per heavy atom. The summed E-state index contributed by atoms with van der Waals surface area (Å²) in [6.45, 7) is 4.32. The topological polar surface area (TPSA) is 97.0 Å². The molecule has 2 aromatic carbocycles. The third-order valence-electron chi connectivity index (χ3n) is 6.46. The average Bonchev–Trinajstić information content (AvgIpc) is 3.11. The number of likely N-dealkylation sites (tertiary alicyclic amines) is 1. The summed E-state index contributed by atoms with van der Waals surface area (Å²) in [5, 5.41) is 5.28. The molecule has 1 atom stereocenters. The molecular formula is C27H32FN3O5. The number of carbonyl (C=O) groups excluding carboxylic acids is 3. The number of nitrogens with zero attached hydrogens (tertiary/aromatic N) is 1. The van der Waals surface area contributed by atoms with Gasteiger partial charge in [-0.3, -0.25) is 19.3 Å². The molecule has 0 spiro atoms. The number of carbonyl (C=O) groups is 3. The Kier molecular flexibility index (Phi) is 8.53. The highest BCUT2D eigenvalue weighted by Crippen LogP contribution is 2.31. The van der Waals surface area contributed by atoms with Gasteiger partial charge < -0.3 is 20.1 Å². The Hall–Kier alpha value is -3.46. The SMILES string of the molecule is CC1CCCCN1CC(=O)Nc1ccc(F)c(NC(=O)CCC(=O)c2ccc3c(c2)OCCCO3)c1. The second-order valence-corrected chi connectivity index (χ2v) is 9.24. The molecule has 1 unspecified atom stereocenters. The van der Waals surface area contributed by atoms with E-state index in [4.69, 9.17) is 9.47 Å². The van der Waals surface area contributed by atoms with Crippen molar-refractivity contribution in [2.75, 3.05) is 36.9 Å². The van der Waals surface area contributed by atoms with Crippen molar-refractivity contribution in [3.63, 3.8) is 0 Å². The number of hydrogen-bond acceptors (Lipinski definition) is 6. The molecular weight excluding hydrogens is 465 g/mol.